The second-order valence-corrected chi connectivity index (χ2v) is 7.77. The molecule has 0 saturated carbocycles. The van der Waals surface area contributed by atoms with Crippen LogP contribution in [0.3, 0.4) is 0 Å². The third kappa shape index (κ3) is 4.80. The number of aliphatic hydroxyl groups is 1. The third-order valence-electron chi connectivity index (χ3n) is 4.77. The Hall–Kier alpha value is -1.36. The summed E-state index contributed by atoms with van der Waals surface area (Å²) in [6.07, 6.45) is 0.241. The van der Waals surface area contributed by atoms with Crippen LogP contribution in [-0.4, -0.2) is 33.4 Å². The van der Waals surface area contributed by atoms with Gasteiger partial charge in [-0.2, -0.15) is 5.10 Å². The van der Waals surface area contributed by atoms with E-state index >= 15 is 0 Å². The molecule has 132 valence electrons. The Morgan fingerprint density at radius 2 is 1.87 bits per heavy atom. The topological polar surface area (TPSA) is 67.2 Å². The third-order valence-corrected chi connectivity index (χ3v) is 4.77. The number of rotatable bonds is 7. The van der Waals surface area contributed by atoms with Gasteiger partial charge in [0.2, 0.25) is 5.91 Å². The van der Waals surface area contributed by atoms with Crippen molar-refractivity contribution in [3.63, 3.8) is 0 Å². The second-order valence-electron chi connectivity index (χ2n) is 7.77. The number of hydrogen-bond donors (Lipinski definition) is 2. The van der Waals surface area contributed by atoms with Crippen molar-refractivity contribution in [3.8, 4) is 0 Å². The Balaban J connectivity index is 2.64. The van der Waals surface area contributed by atoms with Crippen molar-refractivity contribution < 1.29 is 9.90 Å². The summed E-state index contributed by atoms with van der Waals surface area (Å²) in [6.45, 7) is 14.4. The molecular formula is C18H33N3O2. The van der Waals surface area contributed by atoms with Crippen LogP contribution in [0.5, 0.6) is 0 Å². The molecule has 0 spiro atoms. The normalized spacial score (nSPS) is 14.9. The van der Waals surface area contributed by atoms with Gasteiger partial charge in [0.25, 0.3) is 0 Å². The lowest BCUT2D eigenvalue weighted by molar-refractivity contribution is -0.125. The Bertz CT molecular complexity index is 547. The zero-order valence-corrected chi connectivity index (χ0v) is 15.9. The molecule has 0 aliphatic rings. The molecule has 2 atom stereocenters. The highest BCUT2D eigenvalue weighted by Crippen LogP contribution is 2.25. The predicted octanol–water partition coefficient (Wildman–Crippen LogP) is 2.37. The molecule has 0 bridgehead atoms. The van der Waals surface area contributed by atoms with Gasteiger partial charge in [0.1, 0.15) is 0 Å². The lowest BCUT2D eigenvalue weighted by Gasteiger charge is -2.33. The van der Waals surface area contributed by atoms with Crippen LogP contribution in [0.2, 0.25) is 0 Å². The second kappa shape index (κ2) is 7.47. The Labute approximate surface area is 140 Å². The molecule has 0 fully saturated rings. The molecular weight excluding hydrogens is 290 g/mol. The molecule has 1 heterocycles. The average molecular weight is 323 g/mol. The minimum Gasteiger partial charge on any atom is -0.392 e. The lowest BCUT2D eigenvalue weighted by atomic mass is 9.80. The van der Waals surface area contributed by atoms with Gasteiger partial charge in [-0.15, -0.1) is 0 Å². The maximum atomic E-state index is 12.4. The summed E-state index contributed by atoms with van der Waals surface area (Å²) in [5.41, 5.74) is 2.90. The van der Waals surface area contributed by atoms with E-state index in [1.165, 1.54) is 0 Å². The molecule has 1 amide bonds. The Morgan fingerprint density at radius 3 is 2.30 bits per heavy atom. The number of aryl methyl sites for hydroxylation is 2. The standard InChI is InChI=1S/C18H33N3O2/c1-11(2)16(22)18(6,7)10-19-17(23)12(3)9-15-13(4)20-21(8)14(15)5/h11-12,16,22H,9-10H2,1-8H3,(H,19,23). The fourth-order valence-electron chi connectivity index (χ4n) is 3.01. The highest BCUT2D eigenvalue weighted by atomic mass is 16.3. The molecule has 0 radical (unpaired) electrons. The van der Waals surface area contributed by atoms with Crippen molar-refractivity contribution in [1.29, 1.82) is 0 Å². The van der Waals surface area contributed by atoms with Gasteiger partial charge in [-0.3, -0.25) is 9.48 Å². The number of carbonyl (C=O) groups excluding carboxylic acids is 1. The van der Waals surface area contributed by atoms with Crippen LogP contribution in [0.1, 0.15) is 51.6 Å². The van der Waals surface area contributed by atoms with Crippen LogP contribution in [0.15, 0.2) is 0 Å². The first-order chi connectivity index (χ1) is 10.5. The first-order valence-corrected chi connectivity index (χ1v) is 8.42. The van der Waals surface area contributed by atoms with Crippen LogP contribution in [0, 0.1) is 31.1 Å². The summed E-state index contributed by atoms with van der Waals surface area (Å²) in [6, 6.07) is 0. The first-order valence-electron chi connectivity index (χ1n) is 8.42. The quantitative estimate of drug-likeness (QED) is 0.809. The number of amides is 1. The van der Waals surface area contributed by atoms with E-state index in [0.717, 1.165) is 17.0 Å². The summed E-state index contributed by atoms with van der Waals surface area (Å²) >= 11 is 0. The van der Waals surface area contributed by atoms with Crippen molar-refractivity contribution in [1.82, 2.24) is 15.1 Å². The fourth-order valence-corrected chi connectivity index (χ4v) is 3.01. The van der Waals surface area contributed by atoms with E-state index in [2.05, 4.69) is 10.4 Å². The minimum absolute atomic E-state index is 0.0247. The van der Waals surface area contributed by atoms with E-state index in [4.69, 9.17) is 0 Å². The van der Waals surface area contributed by atoms with Crippen molar-refractivity contribution in [3.05, 3.63) is 17.0 Å². The van der Waals surface area contributed by atoms with Crippen LogP contribution in [0.4, 0.5) is 0 Å². The summed E-state index contributed by atoms with van der Waals surface area (Å²) in [7, 11) is 1.92. The van der Waals surface area contributed by atoms with Gasteiger partial charge >= 0.3 is 0 Å². The molecule has 0 aromatic carbocycles. The molecule has 0 aliphatic heterocycles. The maximum Gasteiger partial charge on any atom is 0.223 e. The Kier molecular flexibility index (Phi) is 6.40. The van der Waals surface area contributed by atoms with Gasteiger partial charge in [0.15, 0.2) is 0 Å². The average Bonchev–Trinajstić information content (AvgIpc) is 2.70. The SMILES string of the molecule is Cc1nn(C)c(C)c1CC(C)C(=O)NCC(C)(C)C(O)C(C)C. The number of nitrogens with zero attached hydrogens (tertiary/aromatic N) is 2. The van der Waals surface area contributed by atoms with E-state index in [9.17, 15) is 9.90 Å². The van der Waals surface area contributed by atoms with E-state index in [1.54, 1.807) is 0 Å². The summed E-state index contributed by atoms with van der Waals surface area (Å²) in [5.74, 6) is 0.0697. The first kappa shape index (κ1) is 19.7. The summed E-state index contributed by atoms with van der Waals surface area (Å²) in [4.78, 5) is 12.4. The van der Waals surface area contributed by atoms with Gasteiger partial charge in [-0.1, -0.05) is 34.6 Å². The molecule has 5 nitrogen and oxygen atoms in total. The predicted molar refractivity (Wildman–Crippen MR) is 93.2 cm³/mol. The van der Waals surface area contributed by atoms with E-state index < -0.39 is 6.10 Å². The highest BCUT2D eigenvalue weighted by molar-refractivity contribution is 5.78. The monoisotopic (exact) mass is 323 g/mol. The largest absolute Gasteiger partial charge is 0.392 e. The molecule has 2 unspecified atom stereocenters. The number of nitrogens with one attached hydrogen (secondary N) is 1. The number of aliphatic hydroxyl groups excluding tert-OH is 1. The Morgan fingerprint density at radius 1 is 1.30 bits per heavy atom. The maximum absolute atomic E-state index is 12.4. The molecule has 0 aliphatic carbocycles. The van der Waals surface area contributed by atoms with E-state index in [0.29, 0.717) is 13.0 Å². The van der Waals surface area contributed by atoms with Crippen LogP contribution >= 0.6 is 0 Å². The van der Waals surface area contributed by atoms with Crippen molar-refractivity contribution in [2.75, 3.05) is 6.54 Å². The number of hydrogen-bond acceptors (Lipinski definition) is 3. The van der Waals surface area contributed by atoms with Gasteiger partial charge in [-0.05, 0) is 31.7 Å². The summed E-state index contributed by atoms with van der Waals surface area (Å²) < 4.78 is 1.86. The molecule has 23 heavy (non-hydrogen) atoms. The minimum atomic E-state index is -0.444. The van der Waals surface area contributed by atoms with Crippen LogP contribution in [0.25, 0.3) is 0 Å². The molecule has 0 saturated heterocycles. The zero-order chi connectivity index (χ0) is 17.9. The van der Waals surface area contributed by atoms with Crippen LogP contribution < -0.4 is 5.32 Å². The fraction of sp³-hybridized carbons (Fsp3) is 0.778. The lowest BCUT2D eigenvalue weighted by Crippen LogP contribution is -2.45. The summed E-state index contributed by atoms with van der Waals surface area (Å²) in [5, 5.41) is 17.7. The molecule has 1 rings (SSSR count). The van der Waals surface area contributed by atoms with Gasteiger partial charge in [-0.25, -0.2) is 0 Å². The van der Waals surface area contributed by atoms with Crippen LogP contribution in [-0.2, 0) is 18.3 Å². The zero-order valence-electron chi connectivity index (χ0n) is 15.9. The van der Waals surface area contributed by atoms with Crippen molar-refractivity contribution >= 4 is 5.91 Å². The highest BCUT2D eigenvalue weighted by Gasteiger charge is 2.31. The van der Waals surface area contributed by atoms with Gasteiger partial charge in [0.05, 0.1) is 11.8 Å². The van der Waals surface area contributed by atoms with Crippen molar-refractivity contribution in [2.45, 2.75) is 61.0 Å². The smallest absolute Gasteiger partial charge is 0.223 e. The molecule has 1 aromatic rings. The van der Waals surface area contributed by atoms with Crippen molar-refractivity contribution in [2.24, 2.45) is 24.3 Å². The molecule has 1 aromatic heterocycles. The molecule has 5 heteroatoms. The van der Waals surface area contributed by atoms with Gasteiger partial charge < -0.3 is 10.4 Å². The van der Waals surface area contributed by atoms with Gasteiger partial charge in [0, 0.05) is 30.6 Å². The number of aromatic nitrogens is 2. The molecule has 2 N–H and O–H groups in total. The number of carbonyl (C=O) groups is 1. The van der Waals surface area contributed by atoms with E-state index in [-0.39, 0.29) is 23.2 Å². The van der Waals surface area contributed by atoms with E-state index in [1.807, 2.05) is 60.2 Å².